The van der Waals surface area contributed by atoms with E-state index in [1.54, 1.807) is 28.7 Å². The molecule has 0 aliphatic carbocycles. The van der Waals surface area contributed by atoms with Gasteiger partial charge in [0, 0.05) is 28.1 Å². The van der Waals surface area contributed by atoms with Gasteiger partial charge in [0.25, 0.3) is 0 Å². The summed E-state index contributed by atoms with van der Waals surface area (Å²) in [4.78, 5) is 0. The van der Waals surface area contributed by atoms with Crippen LogP contribution in [0.5, 0.6) is 5.75 Å². The Balaban J connectivity index is 1.63. The van der Waals surface area contributed by atoms with Crippen LogP contribution in [0, 0.1) is 0 Å². The first-order valence-electron chi connectivity index (χ1n) is 7.23. The summed E-state index contributed by atoms with van der Waals surface area (Å²) in [6.45, 7) is 0. The predicted octanol–water partition coefficient (Wildman–Crippen LogP) is 5.04. The van der Waals surface area contributed by atoms with Crippen LogP contribution in [0.1, 0.15) is 11.1 Å². The van der Waals surface area contributed by atoms with Crippen LogP contribution in [-0.4, -0.2) is 17.1 Å². The maximum atomic E-state index is 12.0. The second kappa shape index (κ2) is 10.6. The normalized spacial score (nSPS) is 12.4. The van der Waals surface area contributed by atoms with E-state index >= 15 is 0 Å². The highest BCUT2D eigenvalue weighted by Gasteiger charge is 2.00. The van der Waals surface area contributed by atoms with Crippen molar-refractivity contribution in [2.75, 3.05) is 12.9 Å². The van der Waals surface area contributed by atoms with Gasteiger partial charge in [-0.1, -0.05) is 70.1 Å². The van der Waals surface area contributed by atoms with Crippen LogP contribution in [0.15, 0.2) is 66.1 Å². The molecule has 2 rings (SSSR count). The monoisotopic (exact) mass is 364 g/mol. The van der Waals surface area contributed by atoms with E-state index in [1.165, 1.54) is 5.56 Å². The third-order valence-electron chi connectivity index (χ3n) is 3.06. The molecule has 1 atom stereocenters. The lowest BCUT2D eigenvalue weighted by atomic mass is 10.2. The molecule has 0 amide bonds. The second-order valence-corrected chi connectivity index (χ2v) is 8.59. The molecule has 0 saturated heterocycles. The summed E-state index contributed by atoms with van der Waals surface area (Å²) in [7, 11) is 4.24. The van der Waals surface area contributed by atoms with Gasteiger partial charge >= 0.3 is 0 Å². The Labute approximate surface area is 148 Å². The van der Waals surface area contributed by atoms with Gasteiger partial charge in [-0.2, -0.15) is 0 Å². The molecule has 0 heterocycles. The van der Waals surface area contributed by atoms with E-state index in [1.807, 2.05) is 41.8 Å². The number of ether oxygens (including phenoxy) is 1. The molecule has 0 fully saturated rings. The molecule has 2 aromatic carbocycles. The number of hydrogen-bond donors (Lipinski definition) is 0. The van der Waals surface area contributed by atoms with Crippen molar-refractivity contribution in [2.45, 2.75) is 11.5 Å². The van der Waals surface area contributed by atoms with Gasteiger partial charge in [-0.15, -0.1) is 0 Å². The quantitative estimate of drug-likeness (QED) is 0.460. The van der Waals surface area contributed by atoms with Crippen molar-refractivity contribution in [1.82, 2.24) is 0 Å². The Morgan fingerprint density at radius 1 is 1.04 bits per heavy atom. The van der Waals surface area contributed by atoms with Gasteiger partial charge in [0.15, 0.2) is 0 Å². The third-order valence-corrected chi connectivity index (χ3v) is 6.26. The molecule has 122 valence electrons. The summed E-state index contributed by atoms with van der Waals surface area (Å²) in [5, 5.41) is 2.03. The minimum atomic E-state index is -0.871. The molecule has 1 unspecified atom stereocenters. The van der Waals surface area contributed by atoms with Crippen molar-refractivity contribution in [2.24, 2.45) is 0 Å². The van der Waals surface area contributed by atoms with Crippen molar-refractivity contribution in [3.8, 4) is 5.75 Å². The number of hydrogen-bond acceptors (Lipinski definition) is 4. The highest BCUT2D eigenvalue weighted by Crippen LogP contribution is 2.26. The van der Waals surface area contributed by atoms with Crippen LogP contribution in [0.3, 0.4) is 0 Å². The summed E-state index contributed by atoms with van der Waals surface area (Å²) in [5.41, 5.74) is 2.39. The van der Waals surface area contributed by atoms with Gasteiger partial charge in [0.05, 0.1) is 7.11 Å². The molecule has 0 aliphatic heterocycles. The van der Waals surface area contributed by atoms with Gasteiger partial charge < -0.3 is 4.74 Å². The van der Waals surface area contributed by atoms with E-state index in [2.05, 4.69) is 24.3 Å². The Hall–Kier alpha value is -1.17. The first kappa shape index (κ1) is 18.2. The zero-order valence-corrected chi connectivity index (χ0v) is 15.5. The average molecular weight is 365 g/mol. The lowest BCUT2D eigenvalue weighted by molar-refractivity contribution is 0.414. The van der Waals surface area contributed by atoms with Crippen molar-refractivity contribution in [3.63, 3.8) is 0 Å². The van der Waals surface area contributed by atoms with E-state index in [0.29, 0.717) is 11.5 Å². The Morgan fingerprint density at radius 3 is 2.48 bits per heavy atom. The zero-order valence-electron chi connectivity index (χ0n) is 13.0. The van der Waals surface area contributed by atoms with Crippen molar-refractivity contribution in [1.29, 1.82) is 0 Å². The molecule has 0 saturated carbocycles. The zero-order chi connectivity index (χ0) is 16.3. The van der Waals surface area contributed by atoms with Crippen molar-refractivity contribution in [3.05, 3.63) is 77.2 Å². The fourth-order valence-electron chi connectivity index (χ4n) is 1.87. The molecule has 0 aromatic heterocycles. The fraction of sp³-hybridized carbons (Fsp3) is 0.222. The molecule has 5 heteroatoms. The molecule has 0 spiro atoms. The van der Waals surface area contributed by atoms with Gasteiger partial charge in [0.1, 0.15) is 5.75 Å². The average Bonchev–Trinajstić information content (AvgIpc) is 2.59. The highest BCUT2D eigenvalue weighted by molar-refractivity contribution is 8.77. The van der Waals surface area contributed by atoms with Crippen LogP contribution in [0.4, 0.5) is 0 Å². The van der Waals surface area contributed by atoms with Crippen LogP contribution in [-0.2, 0) is 22.3 Å². The van der Waals surface area contributed by atoms with Crippen LogP contribution in [0.2, 0.25) is 0 Å². The number of rotatable bonds is 9. The summed E-state index contributed by atoms with van der Waals surface area (Å²) >= 11 is 0. The van der Waals surface area contributed by atoms with Gasteiger partial charge in [-0.05, 0) is 28.7 Å². The van der Waals surface area contributed by atoms with E-state index in [9.17, 15) is 4.21 Å². The summed E-state index contributed by atoms with van der Waals surface area (Å²) in [6, 6.07) is 18.1. The second-order valence-electron chi connectivity index (χ2n) is 4.81. The molecule has 2 aromatic rings. The van der Waals surface area contributed by atoms with Crippen LogP contribution in [0.25, 0.3) is 0 Å². The summed E-state index contributed by atoms with van der Waals surface area (Å²) in [5.74, 6) is 2.97. The molecule has 0 aliphatic rings. The summed E-state index contributed by atoms with van der Waals surface area (Å²) < 4.78 is 17.2. The molecule has 0 N–H and O–H groups in total. The highest BCUT2D eigenvalue weighted by atomic mass is 33.1. The lowest BCUT2D eigenvalue weighted by Crippen LogP contribution is -1.98. The number of benzene rings is 2. The smallest absolute Gasteiger partial charge is 0.118 e. The largest absolute Gasteiger partial charge is 0.497 e. The first-order valence-corrected chi connectivity index (χ1v) is 11.1. The van der Waals surface area contributed by atoms with Gasteiger partial charge in [0.2, 0.25) is 0 Å². The lowest BCUT2D eigenvalue weighted by Gasteiger charge is -2.02. The van der Waals surface area contributed by atoms with E-state index in [0.717, 1.165) is 17.1 Å². The minimum absolute atomic E-state index is 0.580. The van der Waals surface area contributed by atoms with Crippen molar-refractivity contribution < 1.29 is 8.95 Å². The molecule has 0 bridgehead atoms. The molecule has 23 heavy (non-hydrogen) atoms. The van der Waals surface area contributed by atoms with E-state index < -0.39 is 10.8 Å². The van der Waals surface area contributed by atoms with Crippen LogP contribution >= 0.6 is 21.6 Å². The molecule has 2 nitrogen and oxygen atoms in total. The summed E-state index contributed by atoms with van der Waals surface area (Å²) in [6.07, 6.45) is 1.99. The maximum absolute atomic E-state index is 12.0. The Kier molecular flexibility index (Phi) is 8.36. The number of methoxy groups -OCH3 is 1. The molecular formula is C18H20O2S3. The maximum Gasteiger partial charge on any atom is 0.118 e. The van der Waals surface area contributed by atoms with E-state index in [-0.39, 0.29) is 0 Å². The van der Waals surface area contributed by atoms with E-state index in [4.69, 9.17) is 4.74 Å². The van der Waals surface area contributed by atoms with Crippen molar-refractivity contribution >= 4 is 32.4 Å². The fourth-order valence-corrected chi connectivity index (χ4v) is 4.72. The predicted molar refractivity (Wildman–Crippen MR) is 104 cm³/mol. The Bertz CT molecular complexity index is 624. The molecule has 0 radical (unpaired) electrons. The minimum Gasteiger partial charge on any atom is -0.497 e. The topological polar surface area (TPSA) is 26.3 Å². The first-order chi connectivity index (χ1) is 11.3. The SMILES string of the molecule is COc1ccc(CS(=O)C/C=C/SSCc2ccccc2)cc1. The third kappa shape index (κ3) is 7.29. The Morgan fingerprint density at radius 2 is 1.78 bits per heavy atom. The standard InChI is InChI=1S/C18H20O2S3/c1-20-18-10-8-17(9-11-18)15-23(19)13-5-12-21-22-14-16-6-3-2-4-7-16/h2-12H,13-15H2,1H3/b12-5+. The van der Waals surface area contributed by atoms with Gasteiger partial charge in [-0.25, -0.2) is 0 Å². The molecular weight excluding hydrogens is 344 g/mol. The van der Waals surface area contributed by atoms with Crippen LogP contribution < -0.4 is 4.74 Å². The van der Waals surface area contributed by atoms with Gasteiger partial charge in [-0.3, -0.25) is 4.21 Å².